The molecule has 0 saturated heterocycles. The summed E-state index contributed by atoms with van der Waals surface area (Å²) in [5.41, 5.74) is 9.00. The SMILES string of the molecule is CC(=O)c1cc2c(cc1N=[N+]=[N-])OCCO2. The molecular formula is C10H9N3O3. The van der Waals surface area contributed by atoms with Crippen LogP contribution in [0.1, 0.15) is 17.3 Å². The predicted octanol–water partition coefficient (Wildman–Crippen LogP) is 2.60. The van der Waals surface area contributed by atoms with Crippen molar-refractivity contribution in [2.45, 2.75) is 6.92 Å². The van der Waals surface area contributed by atoms with Crippen LogP contribution in [0, 0.1) is 0 Å². The van der Waals surface area contributed by atoms with Gasteiger partial charge in [0.15, 0.2) is 17.3 Å². The van der Waals surface area contributed by atoms with Gasteiger partial charge in [-0.15, -0.1) is 0 Å². The lowest BCUT2D eigenvalue weighted by Gasteiger charge is -2.19. The monoisotopic (exact) mass is 219 g/mol. The first-order valence-corrected chi connectivity index (χ1v) is 4.72. The molecular weight excluding hydrogens is 210 g/mol. The highest BCUT2D eigenvalue weighted by Crippen LogP contribution is 2.37. The largest absolute Gasteiger partial charge is 0.486 e. The molecule has 82 valence electrons. The predicted molar refractivity (Wildman–Crippen MR) is 56.2 cm³/mol. The first-order valence-electron chi connectivity index (χ1n) is 4.72. The van der Waals surface area contributed by atoms with Crippen LogP contribution in [0.15, 0.2) is 17.2 Å². The maximum Gasteiger partial charge on any atom is 0.162 e. The Morgan fingerprint density at radius 1 is 1.38 bits per heavy atom. The lowest BCUT2D eigenvalue weighted by Crippen LogP contribution is -2.15. The number of ether oxygens (including phenoxy) is 2. The van der Waals surface area contributed by atoms with Crippen LogP contribution in [0.25, 0.3) is 10.4 Å². The van der Waals surface area contributed by atoms with Crippen molar-refractivity contribution in [1.29, 1.82) is 0 Å². The van der Waals surface area contributed by atoms with Gasteiger partial charge in [-0.1, -0.05) is 5.11 Å². The molecule has 0 N–H and O–H groups in total. The molecule has 0 aromatic heterocycles. The number of azide groups is 1. The van der Waals surface area contributed by atoms with Gasteiger partial charge in [-0.2, -0.15) is 0 Å². The standard InChI is InChI=1S/C10H9N3O3/c1-6(14)7-4-9-10(16-3-2-15-9)5-8(7)12-13-11/h4-5H,2-3H2,1H3. The van der Waals surface area contributed by atoms with Crippen LogP contribution in [0.5, 0.6) is 11.5 Å². The zero-order valence-corrected chi connectivity index (χ0v) is 8.64. The smallest absolute Gasteiger partial charge is 0.162 e. The Kier molecular flexibility index (Phi) is 2.66. The van der Waals surface area contributed by atoms with Gasteiger partial charge in [0.05, 0.1) is 5.69 Å². The Hall–Kier alpha value is -2.20. The molecule has 1 aromatic rings. The van der Waals surface area contributed by atoms with E-state index in [0.29, 0.717) is 30.3 Å². The summed E-state index contributed by atoms with van der Waals surface area (Å²) in [4.78, 5) is 14.0. The number of carbonyl (C=O) groups excluding carboxylic acids is 1. The first kappa shape index (κ1) is 10.3. The molecule has 16 heavy (non-hydrogen) atoms. The third kappa shape index (κ3) is 1.78. The maximum absolute atomic E-state index is 11.3. The molecule has 0 atom stereocenters. The second kappa shape index (κ2) is 4.12. The third-order valence-electron chi connectivity index (χ3n) is 2.19. The molecule has 0 radical (unpaired) electrons. The topological polar surface area (TPSA) is 84.3 Å². The second-order valence-electron chi connectivity index (χ2n) is 3.26. The van der Waals surface area contributed by atoms with E-state index in [9.17, 15) is 4.79 Å². The Balaban J connectivity index is 2.58. The van der Waals surface area contributed by atoms with Crippen molar-refractivity contribution in [2.75, 3.05) is 13.2 Å². The van der Waals surface area contributed by atoms with E-state index >= 15 is 0 Å². The van der Waals surface area contributed by atoms with Crippen molar-refractivity contribution in [3.05, 3.63) is 28.1 Å². The van der Waals surface area contributed by atoms with Gasteiger partial charge in [0.25, 0.3) is 0 Å². The highest BCUT2D eigenvalue weighted by atomic mass is 16.6. The summed E-state index contributed by atoms with van der Waals surface area (Å²) in [5, 5.41) is 3.46. The lowest BCUT2D eigenvalue weighted by molar-refractivity contribution is 0.101. The van der Waals surface area contributed by atoms with E-state index in [-0.39, 0.29) is 11.5 Å². The minimum atomic E-state index is -0.181. The number of benzene rings is 1. The molecule has 2 rings (SSSR count). The van der Waals surface area contributed by atoms with Crippen LogP contribution in [0.2, 0.25) is 0 Å². The van der Waals surface area contributed by atoms with Crippen molar-refractivity contribution >= 4 is 11.5 Å². The Morgan fingerprint density at radius 2 is 2.00 bits per heavy atom. The summed E-state index contributed by atoms with van der Waals surface area (Å²) in [6.07, 6.45) is 0. The van der Waals surface area contributed by atoms with Crippen molar-refractivity contribution in [2.24, 2.45) is 5.11 Å². The Bertz CT molecular complexity index is 461. The first-order chi connectivity index (χ1) is 7.72. The third-order valence-corrected chi connectivity index (χ3v) is 2.19. The van der Waals surface area contributed by atoms with Gasteiger partial charge >= 0.3 is 0 Å². The molecule has 0 fully saturated rings. The number of Topliss-reactive ketones (excluding diaryl/α,β-unsaturated/α-hetero) is 1. The average molecular weight is 219 g/mol. The Morgan fingerprint density at radius 3 is 2.56 bits per heavy atom. The van der Waals surface area contributed by atoms with Gasteiger partial charge < -0.3 is 9.47 Å². The summed E-state index contributed by atoms with van der Waals surface area (Å²) >= 11 is 0. The van der Waals surface area contributed by atoms with Gasteiger partial charge in [-0.25, -0.2) is 0 Å². The molecule has 0 bridgehead atoms. The molecule has 0 spiro atoms. The molecule has 0 saturated carbocycles. The van der Waals surface area contributed by atoms with E-state index in [1.54, 1.807) is 6.07 Å². The lowest BCUT2D eigenvalue weighted by atomic mass is 10.1. The minimum absolute atomic E-state index is 0.181. The van der Waals surface area contributed by atoms with Gasteiger partial charge in [-0.3, -0.25) is 4.79 Å². The molecule has 0 amide bonds. The molecule has 1 heterocycles. The van der Waals surface area contributed by atoms with Crippen LogP contribution >= 0.6 is 0 Å². The van der Waals surface area contributed by atoms with Crippen molar-refractivity contribution in [3.8, 4) is 11.5 Å². The summed E-state index contributed by atoms with van der Waals surface area (Å²) < 4.78 is 10.7. The van der Waals surface area contributed by atoms with E-state index in [2.05, 4.69) is 10.0 Å². The number of fused-ring (bicyclic) bond motifs is 1. The highest BCUT2D eigenvalue weighted by Gasteiger charge is 2.17. The van der Waals surface area contributed by atoms with Gasteiger partial charge in [-0.05, 0) is 24.6 Å². The van der Waals surface area contributed by atoms with Crippen LogP contribution in [0.3, 0.4) is 0 Å². The quantitative estimate of drug-likeness (QED) is 0.331. The van der Waals surface area contributed by atoms with Crippen LogP contribution in [-0.2, 0) is 0 Å². The fourth-order valence-electron chi connectivity index (χ4n) is 1.49. The maximum atomic E-state index is 11.3. The van der Waals surface area contributed by atoms with E-state index in [4.69, 9.17) is 15.0 Å². The molecule has 0 aliphatic carbocycles. The fourth-order valence-corrected chi connectivity index (χ4v) is 1.49. The van der Waals surface area contributed by atoms with Crippen LogP contribution in [-0.4, -0.2) is 19.0 Å². The molecule has 1 aliphatic rings. The normalized spacial score (nSPS) is 12.8. The molecule has 1 aromatic carbocycles. The number of nitrogens with zero attached hydrogens (tertiary/aromatic N) is 3. The number of rotatable bonds is 2. The molecule has 1 aliphatic heterocycles. The van der Waals surface area contributed by atoms with Gasteiger partial charge in [0.1, 0.15) is 13.2 Å². The Labute approximate surface area is 91.4 Å². The highest BCUT2D eigenvalue weighted by molar-refractivity contribution is 5.99. The summed E-state index contributed by atoms with van der Waals surface area (Å²) in [7, 11) is 0. The van der Waals surface area contributed by atoms with E-state index in [0.717, 1.165) is 0 Å². The summed E-state index contributed by atoms with van der Waals surface area (Å²) in [6.45, 7) is 2.30. The van der Waals surface area contributed by atoms with Gasteiger partial charge in [0, 0.05) is 10.5 Å². The van der Waals surface area contributed by atoms with Gasteiger partial charge in [0.2, 0.25) is 0 Å². The van der Waals surface area contributed by atoms with Crippen molar-refractivity contribution < 1.29 is 14.3 Å². The number of hydrogen-bond acceptors (Lipinski definition) is 4. The fraction of sp³-hybridized carbons (Fsp3) is 0.300. The minimum Gasteiger partial charge on any atom is -0.486 e. The van der Waals surface area contributed by atoms with E-state index in [1.807, 2.05) is 0 Å². The summed E-state index contributed by atoms with van der Waals surface area (Å²) in [6, 6.07) is 3.06. The number of hydrogen-bond donors (Lipinski definition) is 0. The molecule has 6 heteroatoms. The van der Waals surface area contributed by atoms with Crippen molar-refractivity contribution in [3.63, 3.8) is 0 Å². The zero-order valence-electron chi connectivity index (χ0n) is 8.64. The molecule has 0 unspecified atom stereocenters. The second-order valence-corrected chi connectivity index (χ2v) is 3.26. The molecule has 6 nitrogen and oxygen atoms in total. The zero-order chi connectivity index (χ0) is 11.5. The van der Waals surface area contributed by atoms with Crippen molar-refractivity contribution in [1.82, 2.24) is 0 Å². The van der Waals surface area contributed by atoms with Crippen LogP contribution in [0.4, 0.5) is 5.69 Å². The number of ketones is 1. The van der Waals surface area contributed by atoms with Crippen LogP contribution < -0.4 is 9.47 Å². The van der Waals surface area contributed by atoms with E-state index < -0.39 is 0 Å². The number of carbonyl (C=O) groups is 1. The summed E-state index contributed by atoms with van der Waals surface area (Å²) in [5.74, 6) is 0.825. The van der Waals surface area contributed by atoms with E-state index in [1.165, 1.54) is 13.0 Å². The average Bonchev–Trinajstić information content (AvgIpc) is 2.28.